The molecule has 72 valence electrons. The number of carbonyl (C=O) groups is 1. The number of ether oxygens (including phenoxy) is 1. The third-order valence-corrected chi connectivity index (χ3v) is 2.29. The van der Waals surface area contributed by atoms with Gasteiger partial charge in [0.05, 0.1) is 12.5 Å². The molecule has 0 N–H and O–H groups in total. The monoisotopic (exact) mass is 172 g/mol. The summed E-state index contributed by atoms with van der Waals surface area (Å²) in [4.78, 5) is 11.3. The molecule has 0 spiro atoms. The maximum absolute atomic E-state index is 11.3. The van der Waals surface area contributed by atoms with Gasteiger partial charge in [-0.15, -0.1) is 0 Å². The van der Waals surface area contributed by atoms with Gasteiger partial charge in [-0.25, -0.2) is 0 Å². The first-order valence-electron chi connectivity index (χ1n) is 4.52. The normalized spacial score (nSPS) is 14.1. The maximum atomic E-state index is 11.3. The number of rotatable bonds is 4. The summed E-state index contributed by atoms with van der Waals surface area (Å²) in [5.41, 5.74) is -0.329. The second-order valence-electron chi connectivity index (χ2n) is 4.09. The molecule has 0 rings (SSSR count). The van der Waals surface area contributed by atoms with Crippen LogP contribution in [0.25, 0.3) is 0 Å². The van der Waals surface area contributed by atoms with Crippen LogP contribution in [0.15, 0.2) is 0 Å². The lowest BCUT2D eigenvalue weighted by Gasteiger charge is -2.24. The van der Waals surface area contributed by atoms with Gasteiger partial charge in [0.2, 0.25) is 0 Å². The van der Waals surface area contributed by atoms with Gasteiger partial charge in [0.15, 0.2) is 0 Å². The first-order valence-corrected chi connectivity index (χ1v) is 4.52. The highest BCUT2D eigenvalue weighted by Crippen LogP contribution is 2.27. The topological polar surface area (TPSA) is 26.3 Å². The molecule has 0 fully saturated rings. The van der Waals surface area contributed by atoms with E-state index in [1.165, 1.54) is 7.11 Å². The summed E-state index contributed by atoms with van der Waals surface area (Å²) >= 11 is 0. The van der Waals surface area contributed by atoms with Crippen LogP contribution in [0.4, 0.5) is 0 Å². The molecule has 12 heavy (non-hydrogen) atoms. The third kappa shape index (κ3) is 3.24. The van der Waals surface area contributed by atoms with Crippen molar-refractivity contribution in [1.29, 1.82) is 0 Å². The van der Waals surface area contributed by atoms with Gasteiger partial charge in [-0.2, -0.15) is 0 Å². The van der Waals surface area contributed by atoms with Gasteiger partial charge in [-0.05, 0) is 26.2 Å². The minimum atomic E-state index is -0.329. The van der Waals surface area contributed by atoms with E-state index in [9.17, 15) is 4.79 Å². The summed E-state index contributed by atoms with van der Waals surface area (Å²) in [5, 5.41) is 0. The Hall–Kier alpha value is -0.530. The SMILES string of the molecule is CCC(C)CC(C)(C)C(=O)OC. The molecule has 0 saturated heterocycles. The third-order valence-electron chi connectivity index (χ3n) is 2.29. The molecular weight excluding hydrogens is 152 g/mol. The lowest BCUT2D eigenvalue weighted by atomic mass is 9.82. The van der Waals surface area contributed by atoms with E-state index in [2.05, 4.69) is 13.8 Å². The molecule has 0 aromatic heterocycles. The standard InChI is InChI=1S/C10H20O2/c1-6-8(2)7-10(3,4)9(11)12-5/h8H,6-7H2,1-5H3. The fourth-order valence-corrected chi connectivity index (χ4v) is 1.38. The zero-order valence-electron chi connectivity index (χ0n) is 8.81. The van der Waals surface area contributed by atoms with Crippen LogP contribution in [-0.2, 0) is 9.53 Å². The predicted octanol–water partition coefficient (Wildman–Crippen LogP) is 2.62. The molecule has 0 saturated carbocycles. The van der Waals surface area contributed by atoms with E-state index in [1.807, 2.05) is 13.8 Å². The Morgan fingerprint density at radius 2 is 2.00 bits per heavy atom. The molecule has 0 amide bonds. The fourth-order valence-electron chi connectivity index (χ4n) is 1.38. The van der Waals surface area contributed by atoms with Gasteiger partial charge in [-0.1, -0.05) is 20.3 Å². The molecule has 1 atom stereocenters. The molecule has 0 heterocycles. The maximum Gasteiger partial charge on any atom is 0.311 e. The molecule has 0 aliphatic rings. The van der Waals surface area contributed by atoms with Gasteiger partial charge in [-0.3, -0.25) is 4.79 Å². The summed E-state index contributed by atoms with van der Waals surface area (Å²) in [5.74, 6) is 0.474. The summed E-state index contributed by atoms with van der Waals surface area (Å²) in [6.45, 7) is 8.17. The summed E-state index contributed by atoms with van der Waals surface area (Å²) in [7, 11) is 1.45. The van der Waals surface area contributed by atoms with Gasteiger partial charge >= 0.3 is 5.97 Å². The first kappa shape index (κ1) is 11.5. The average Bonchev–Trinajstić information content (AvgIpc) is 2.02. The Bertz CT molecular complexity index is 150. The number of hydrogen-bond acceptors (Lipinski definition) is 2. The van der Waals surface area contributed by atoms with E-state index in [4.69, 9.17) is 4.74 Å². The van der Waals surface area contributed by atoms with Gasteiger partial charge < -0.3 is 4.74 Å². The van der Waals surface area contributed by atoms with Crippen molar-refractivity contribution in [2.75, 3.05) is 7.11 Å². The number of methoxy groups -OCH3 is 1. The molecule has 0 aromatic rings. The molecular formula is C10H20O2. The van der Waals surface area contributed by atoms with Gasteiger partial charge in [0, 0.05) is 0 Å². The molecule has 1 unspecified atom stereocenters. The second-order valence-corrected chi connectivity index (χ2v) is 4.09. The zero-order valence-corrected chi connectivity index (χ0v) is 8.81. The fraction of sp³-hybridized carbons (Fsp3) is 0.900. The average molecular weight is 172 g/mol. The van der Waals surface area contributed by atoms with E-state index in [0.29, 0.717) is 5.92 Å². The summed E-state index contributed by atoms with van der Waals surface area (Å²) in [6.07, 6.45) is 2.01. The van der Waals surface area contributed by atoms with Crippen molar-refractivity contribution < 1.29 is 9.53 Å². The van der Waals surface area contributed by atoms with E-state index in [0.717, 1.165) is 12.8 Å². The lowest BCUT2D eigenvalue weighted by molar-refractivity contribution is -0.151. The lowest BCUT2D eigenvalue weighted by Crippen LogP contribution is -2.27. The van der Waals surface area contributed by atoms with Crippen molar-refractivity contribution >= 4 is 5.97 Å². The molecule has 2 nitrogen and oxygen atoms in total. The van der Waals surface area contributed by atoms with Crippen LogP contribution in [0.5, 0.6) is 0 Å². The molecule has 0 bridgehead atoms. The van der Waals surface area contributed by atoms with Crippen molar-refractivity contribution in [2.45, 2.75) is 40.5 Å². The molecule has 0 aliphatic carbocycles. The number of esters is 1. The molecule has 0 aromatic carbocycles. The minimum absolute atomic E-state index is 0.109. The Morgan fingerprint density at radius 1 is 1.50 bits per heavy atom. The largest absolute Gasteiger partial charge is 0.469 e. The van der Waals surface area contributed by atoms with Crippen molar-refractivity contribution in [1.82, 2.24) is 0 Å². The minimum Gasteiger partial charge on any atom is -0.469 e. The van der Waals surface area contributed by atoms with Crippen LogP contribution in [-0.4, -0.2) is 13.1 Å². The Kier molecular flexibility index (Phi) is 4.29. The summed E-state index contributed by atoms with van der Waals surface area (Å²) < 4.78 is 4.72. The molecule has 0 radical (unpaired) electrons. The summed E-state index contributed by atoms with van der Waals surface area (Å²) in [6, 6.07) is 0. The Morgan fingerprint density at radius 3 is 2.33 bits per heavy atom. The van der Waals surface area contributed by atoms with E-state index < -0.39 is 0 Å². The Balaban J connectivity index is 4.11. The zero-order chi connectivity index (χ0) is 9.78. The Labute approximate surface area is 75.3 Å². The quantitative estimate of drug-likeness (QED) is 0.609. The number of hydrogen-bond donors (Lipinski definition) is 0. The van der Waals surface area contributed by atoms with Crippen molar-refractivity contribution in [3.63, 3.8) is 0 Å². The predicted molar refractivity (Wildman–Crippen MR) is 49.9 cm³/mol. The van der Waals surface area contributed by atoms with Gasteiger partial charge in [0.25, 0.3) is 0 Å². The molecule has 2 heteroatoms. The van der Waals surface area contributed by atoms with Gasteiger partial charge in [0.1, 0.15) is 0 Å². The van der Waals surface area contributed by atoms with Crippen molar-refractivity contribution in [2.24, 2.45) is 11.3 Å². The van der Waals surface area contributed by atoms with Crippen LogP contribution in [0.1, 0.15) is 40.5 Å². The van der Waals surface area contributed by atoms with Crippen LogP contribution < -0.4 is 0 Å². The highest BCUT2D eigenvalue weighted by Gasteiger charge is 2.29. The highest BCUT2D eigenvalue weighted by atomic mass is 16.5. The van der Waals surface area contributed by atoms with Crippen molar-refractivity contribution in [3.05, 3.63) is 0 Å². The van der Waals surface area contributed by atoms with E-state index >= 15 is 0 Å². The second kappa shape index (κ2) is 4.48. The smallest absolute Gasteiger partial charge is 0.311 e. The van der Waals surface area contributed by atoms with E-state index in [-0.39, 0.29) is 11.4 Å². The molecule has 0 aliphatic heterocycles. The first-order chi connectivity index (χ1) is 5.44. The van der Waals surface area contributed by atoms with Crippen LogP contribution in [0.3, 0.4) is 0 Å². The van der Waals surface area contributed by atoms with Crippen LogP contribution >= 0.6 is 0 Å². The van der Waals surface area contributed by atoms with Crippen molar-refractivity contribution in [3.8, 4) is 0 Å². The van der Waals surface area contributed by atoms with Crippen LogP contribution in [0, 0.1) is 11.3 Å². The highest BCUT2D eigenvalue weighted by molar-refractivity contribution is 5.75. The van der Waals surface area contributed by atoms with Crippen LogP contribution in [0.2, 0.25) is 0 Å². The van der Waals surface area contributed by atoms with E-state index in [1.54, 1.807) is 0 Å². The number of carbonyl (C=O) groups excluding carboxylic acids is 1.